The molecule has 1 amide bonds. The van der Waals surface area contributed by atoms with Gasteiger partial charge in [-0.2, -0.15) is 0 Å². The molecule has 1 aliphatic rings. The lowest BCUT2D eigenvalue weighted by Gasteiger charge is -2.25. The zero-order valence-corrected chi connectivity index (χ0v) is 21.3. The van der Waals surface area contributed by atoms with E-state index in [2.05, 4.69) is 34.8 Å². The molecular weight excluding hydrogens is 508 g/mol. The van der Waals surface area contributed by atoms with Crippen LogP contribution in [-0.2, 0) is 0 Å². The van der Waals surface area contributed by atoms with Crippen LogP contribution in [0.2, 0.25) is 0 Å². The van der Waals surface area contributed by atoms with Gasteiger partial charge in [0.05, 0.1) is 23.6 Å². The molecule has 7 heteroatoms. The number of aromatic nitrogens is 1. The molecule has 2 aromatic carbocycles. The number of carbonyl (C=O) groups is 1. The first-order valence-corrected chi connectivity index (χ1v) is 12.4. The lowest BCUT2D eigenvalue weighted by atomic mass is 9.98. The third-order valence-electron chi connectivity index (χ3n) is 6.09. The van der Waals surface area contributed by atoms with Gasteiger partial charge in [-0.25, -0.2) is 4.98 Å². The fraction of sp³-hybridized carbons (Fsp3) is 0.250. The first-order valence-electron chi connectivity index (χ1n) is 11.6. The number of fused-ring (bicyclic) bond motifs is 2. The van der Waals surface area contributed by atoms with Gasteiger partial charge in [0.15, 0.2) is 5.43 Å². The maximum atomic E-state index is 13.8. The third kappa shape index (κ3) is 4.36. The molecule has 2 aromatic heterocycles. The number of benzene rings is 2. The molecule has 6 nitrogen and oxygen atoms in total. The number of aryl methyl sites for hydroxylation is 1. The number of nitrogens with zero attached hydrogens (tertiary/aromatic N) is 2. The highest BCUT2D eigenvalue weighted by Crippen LogP contribution is 2.41. The van der Waals surface area contributed by atoms with Crippen LogP contribution in [-0.4, -0.2) is 17.5 Å². The van der Waals surface area contributed by atoms with Crippen molar-refractivity contribution >= 4 is 38.6 Å². The van der Waals surface area contributed by atoms with Crippen molar-refractivity contribution in [2.24, 2.45) is 5.92 Å². The Hall–Kier alpha value is -3.45. The van der Waals surface area contributed by atoms with Crippen molar-refractivity contribution < 1.29 is 13.9 Å². The highest BCUT2D eigenvalue weighted by atomic mass is 79.9. The van der Waals surface area contributed by atoms with Crippen molar-refractivity contribution in [3.05, 3.63) is 97.9 Å². The molecular formula is C28H25BrN2O4. The van der Waals surface area contributed by atoms with Crippen LogP contribution in [0.3, 0.4) is 0 Å². The lowest BCUT2D eigenvalue weighted by Crippen LogP contribution is -2.30. The van der Waals surface area contributed by atoms with Crippen molar-refractivity contribution in [1.29, 1.82) is 0 Å². The van der Waals surface area contributed by atoms with Gasteiger partial charge in [-0.3, -0.25) is 14.5 Å². The average Bonchev–Trinajstić information content (AvgIpc) is 3.12. The van der Waals surface area contributed by atoms with Crippen molar-refractivity contribution in [3.63, 3.8) is 0 Å². The Kier molecular flexibility index (Phi) is 6.19. The Morgan fingerprint density at radius 3 is 2.66 bits per heavy atom. The second kappa shape index (κ2) is 9.30. The summed E-state index contributed by atoms with van der Waals surface area (Å²) in [6, 6.07) is 17.5. The van der Waals surface area contributed by atoms with Gasteiger partial charge in [0.25, 0.3) is 5.91 Å². The molecule has 178 valence electrons. The number of rotatable bonds is 6. The molecule has 0 saturated carbocycles. The predicted molar refractivity (Wildman–Crippen MR) is 139 cm³/mol. The van der Waals surface area contributed by atoms with E-state index < -0.39 is 11.9 Å². The number of ether oxygens (including phenoxy) is 1. The second-order valence-corrected chi connectivity index (χ2v) is 10.0. The number of carbonyl (C=O) groups excluding carboxylic acids is 1. The van der Waals surface area contributed by atoms with Gasteiger partial charge in [-0.1, -0.05) is 48.0 Å². The molecule has 0 fully saturated rings. The Morgan fingerprint density at radius 1 is 1.09 bits per heavy atom. The number of hydrogen-bond donors (Lipinski definition) is 0. The lowest BCUT2D eigenvalue weighted by molar-refractivity contribution is 0.0970. The summed E-state index contributed by atoms with van der Waals surface area (Å²) >= 11 is 3.43. The summed E-state index contributed by atoms with van der Waals surface area (Å²) in [5.74, 6) is 1.33. The molecule has 0 radical (unpaired) electrons. The Bertz CT molecular complexity index is 1490. The van der Waals surface area contributed by atoms with Crippen LogP contribution in [0.15, 0.2) is 74.3 Å². The van der Waals surface area contributed by atoms with E-state index in [4.69, 9.17) is 9.15 Å². The third-order valence-corrected chi connectivity index (χ3v) is 6.58. The molecule has 0 spiro atoms. The van der Waals surface area contributed by atoms with Crippen LogP contribution < -0.4 is 15.1 Å². The van der Waals surface area contributed by atoms with Gasteiger partial charge in [-0.15, -0.1) is 0 Å². The van der Waals surface area contributed by atoms with Crippen LogP contribution in [0.1, 0.15) is 53.7 Å². The number of amides is 1. The summed E-state index contributed by atoms with van der Waals surface area (Å²) in [7, 11) is 0. The molecule has 1 aliphatic heterocycles. The molecule has 0 saturated heterocycles. The average molecular weight is 533 g/mol. The molecule has 1 atom stereocenters. The molecule has 35 heavy (non-hydrogen) atoms. The van der Waals surface area contributed by atoms with Crippen molar-refractivity contribution in [3.8, 4) is 5.75 Å². The quantitative estimate of drug-likeness (QED) is 0.286. The van der Waals surface area contributed by atoms with Crippen LogP contribution in [0.25, 0.3) is 11.0 Å². The number of anilines is 1. The molecule has 0 bridgehead atoms. The van der Waals surface area contributed by atoms with Gasteiger partial charge < -0.3 is 9.15 Å². The van der Waals surface area contributed by atoms with Crippen molar-refractivity contribution in [2.75, 3.05) is 11.5 Å². The van der Waals surface area contributed by atoms with E-state index in [1.165, 1.54) is 0 Å². The molecule has 3 heterocycles. The first-order chi connectivity index (χ1) is 16.8. The smallest absolute Gasteiger partial charge is 0.296 e. The zero-order valence-electron chi connectivity index (χ0n) is 19.7. The van der Waals surface area contributed by atoms with E-state index in [1.54, 1.807) is 29.2 Å². The highest BCUT2D eigenvalue weighted by Gasteiger charge is 2.44. The predicted octanol–water partition coefficient (Wildman–Crippen LogP) is 6.43. The number of halogens is 1. The minimum absolute atomic E-state index is 0.0456. The summed E-state index contributed by atoms with van der Waals surface area (Å²) in [6.45, 7) is 6.75. The largest absolute Gasteiger partial charge is 0.494 e. The van der Waals surface area contributed by atoms with E-state index in [-0.39, 0.29) is 11.2 Å². The summed E-state index contributed by atoms with van der Waals surface area (Å²) in [4.78, 5) is 33.6. The Morgan fingerprint density at radius 2 is 1.89 bits per heavy atom. The number of hydrogen-bond acceptors (Lipinski definition) is 5. The van der Waals surface area contributed by atoms with Crippen LogP contribution >= 0.6 is 15.9 Å². The molecule has 5 rings (SSSR count). The fourth-order valence-electron chi connectivity index (χ4n) is 4.35. The Labute approximate surface area is 211 Å². The van der Waals surface area contributed by atoms with E-state index in [0.29, 0.717) is 40.6 Å². The topological polar surface area (TPSA) is 72.6 Å². The standard InChI is InChI=1S/C28H25BrN2O4/c1-16(2)12-13-34-20-8-5-7-18(14-20)25-24-26(32)21-15-19(29)10-11-22(21)35-27(24)28(33)31(25)23-9-4-6-17(3)30-23/h4-11,14-16,25H,12-13H2,1-3H3. The zero-order chi connectivity index (χ0) is 24.7. The molecule has 1 unspecified atom stereocenters. The Balaban J connectivity index is 1.69. The van der Waals surface area contributed by atoms with E-state index in [1.807, 2.05) is 43.3 Å². The number of pyridine rings is 1. The van der Waals surface area contributed by atoms with E-state index in [9.17, 15) is 9.59 Å². The minimum atomic E-state index is -0.694. The van der Waals surface area contributed by atoms with Crippen molar-refractivity contribution in [1.82, 2.24) is 4.98 Å². The molecule has 0 aliphatic carbocycles. The van der Waals surface area contributed by atoms with Gasteiger partial charge in [0.1, 0.15) is 17.2 Å². The SMILES string of the molecule is Cc1cccc(N2C(=O)c3oc4ccc(Br)cc4c(=O)c3C2c2cccc(OCCC(C)C)c2)n1. The van der Waals surface area contributed by atoms with Crippen LogP contribution in [0, 0.1) is 12.8 Å². The summed E-state index contributed by atoms with van der Waals surface area (Å²) in [5, 5.41) is 0.416. The van der Waals surface area contributed by atoms with Crippen molar-refractivity contribution in [2.45, 2.75) is 33.2 Å². The van der Waals surface area contributed by atoms with Gasteiger partial charge in [-0.05, 0) is 67.3 Å². The minimum Gasteiger partial charge on any atom is -0.494 e. The van der Waals surface area contributed by atoms with Gasteiger partial charge in [0.2, 0.25) is 5.76 Å². The fourth-order valence-corrected chi connectivity index (χ4v) is 4.71. The monoisotopic (exact) mass is 532 g/mol. The van der Waals surface area contributed by atoms with Gasteiger partial charge >= 0.3 is 0 Å². The normalized spacial score (nSPS) is 15.2. The first kappa shape index (κ1) is 23.3. The summed E-state index contributed by atoms with van der Waals surface area (Å²) < 4.78 is 12.8. The summed E-state index contributed by atoms with van der Waals surface area (Å²) in [5.41, 5.74) is 1.97. The maximum absolute atomic E-state index is 13.8. The van der Waals surface area contributed by atoms with Crippen LogP contribution in [0.4, 0.5) is 5.82 Å². The van der Waals surface area contributed by atoms with E-state index >= 15 is 0 Å². The highest BCUT2D eigenvalue weighted by molar-refractivity contribution is 9.10. The maximum Gasteiger partial charge on any atom is 0.296 e. The van der Waals surface area contributed by atoms with Crippen LogP contribution in [0.5, 0.6) is 5.75 Å². The van der Waals surface area contributed by atoms with Gasteiger partial charge in [0, 0.05) is 10.2 Å². The summed E-state index contributed by atoms with van der Waals surface area (Å²) in [6.07, 6.45) is 0.929. The molecule has 4 aromatic rings. The second-order valence-electron chi connectivity index (χ2n) is 9.13. The van der Waals surface area contributed by atoms with E-state index in [0.717, 1.165) is 22.2 Å². The molecule has 0 N–H and O–H groups in total.